The van der Waals surface area contributed by atoms with Gasteiger partial charge in [-0.1, -0.05) is 30.0 Å². The van der Waals surface area contributed by atoms with Gasteiger partial charge >= 0.3 is 0 Å². The van der Waals surface area contributed by atoms with E-state index in [0.717, 1.165) is 24.3 Å². The van der Waals surface area contributed by atoms with Gasteiger partial charge in [0.1, 0.15) is 0 Å². The van der Waals surface area contributed by atoms with E-state index in [2.05, 4.69) is 59.8 Å². The number of hydrogen-bond donors (Lipinski definition) is 0. The molecule has 1 aromatic carbocycles. The van der Waals surface area contributed by atoms with Crippen molar-refractivity contribution < 1.29 is 0 Å². The summed E-state index contributed by atoms with van der Waals surface area (Å²) in [5, 5.41) is 3.02. The summed E-state index contributed by atoms with van der Waals surface area (Å²) < 4.78 is 0. The summed E-state index contributed by atoms with van der Waals surface area (Å²) in [6.07, 6.45) is 2.37. The second-order valence-corrected chi connectivity index (χ2v) is 5.62. The van der Waals surface area contributed by atoms with Crippen molar-refractivity contribution in [2.24, 2.45) is 10.2 Å². The van der Waals surface area contributed by atoms with Gasteiger partial charge < -0.3 is 4.90 Å². The molecule has 0 amide bonds. The van der Waals surface area contributed by atoms with Crippen molar-refractivity contribution in [3.63, 3.8) is 0 Å². The highest BCUT2D eigenvalue weighted by atomic mass is 16.3. The Balaban J connectivity index is 2.37. The highest BCUT2D eigenvalue weighted by molar-refractivity contribution is 5.99. The lowest BCUT2D eigenvalue weighted by atomic mass is 9.98. The van der Waals surface area contributed by atoms with E-state index in [1.807, 2.05) is 6.92 Å². The molecule has 2 rings (SSSR count). The minimum atomic E-state index is 0.355. The molecule has 22 heavy (non-hydrogen) atoms. The molecule has 0 radical (unpaired) electrons. The quantitative estimate of drug-likeness (QED) is 0.567. The number of benzene rings is 1. The Morgan fingerprint density at radius 1 is 1.36 bits per heavy atom. The first-order valence-corrected chi connectivity index (χ1v) is 7.58. The van der Waals surface area contributed by atoms with E-state index >= 15 is 0 Å². The van der Waals surface area contributed by atoms with E-state index in [1.165, 1.54) is 16.9 Å². The molecular weight excluding hydrogens is 274 g/mol. The highest BCUT2D eigenvalue weighted by Gasteiger charge is 2.29. The van der Waals surface area contributed by atoms with Crippen molar-refractivity contribution >= 4 is 11.4 Å². The van der Waals surface area contributed by atoms with Crippen LogP contribution >= 0.6 is 0 Å². The topological polar surface area (TPSA) is 45.0 Å². The second kappa shape index (κ2) is 7.16. The normalized spacial score (nSPS) is 18.8. The van der Waals surface area contributed by atoms with Crippen LogP contribution in [0.1, 0.15) is 38.7 Å². The maximum Gasteiger partial charge on any atom is 0.0817 e. The lowest BCUT2D eigenvalue weighted by molar-refractivity contribution is 0.661. The van der Waals surface area contributed by atoms with E-state index in [1.54, 1.807) is 6.20 Å². The zero-order valence-electron chi connectivity index (χ0n) is 13.5. The van der Waals surface area contributed by atoms with Crippen LogP contribution in [0.15, 0.2) is 58.5 Å². The minimum Gasteiger partial charge on any atom is -0.344 e. The third-order valence-corrected chi connectivity index (χ3v) is 4.41. The largest absolute Gasteiger partial charge is 0.344 e. The molecule has 1 unspecified atom stereocenters. The molecule has 0 N–H and O–H groups in total. The fourth-order valence-corrected chi connectivity index (χ4v) is 2.97. The summed E-state index contributed by atoms with van der Waals surface area (Å²) in [5.74, 6) is 0.355. The first-order chi connectivity index (χ1) is 10.6. The molecule has 1 heterocycles. The van der Waals surface area contributed by atoms with Gasteiger partial charge in [-0.25, -0.2) is 0 Å². The average molecular weight is 297 g/mol. The lowest BCUT2D eigenvalue weighted by Gasteiger charge is -2.23. The molecule has 1 aliphatic rings. The smallest absolute Gasteiger partial charge is 0.0817 e. The van der Waals surface area contributed by atoms with Gasteiger partial charge in [0, 0.05) is 35.8 Å². The predicted octanol–water partition coefficient (Wildman–Crippen LogP) is 4.65. The van der Waals surface area contributed by atoms with Crippen molar-refractivity contribution in [2.75, 3.05) is 18.0 Å². The molecule has 0 saturated carbocycles. The van der Waals surface area contributed by atoms with Gasteiger partial charge in [-0.05, 0) is 44.4 Å². The van der Waals surface area contributed by atoms with E-state index in [4.69, 9.17) is 0 Å². The first-order valence-electron chi connectivity index (χ1n) is 7.58. The van der Waals surface area contributed by atoms with Crippen LogP contribution in [0.25, 0.3) is 0 Å². The van der Waals surface area contributed by atoms with Crippen molar-refractivity contribution in [2.45, 2.75) is 33.1 Å². The molecule has 0 bridgehead atoms. The van der Waals surface area contributed by atoms with Crippen LogP contribution in [0, 0.1) is 4.91 Å². The standard InChI is InChI=1S/C18H23N3O/c1-5-19-14(3)13(2)15(4)21-12-16(10-11-20-22)17-8-6-7-9-18(17)21/h5-9,16H,1,10-12H2,2-4H3/b15-13+,19-14?. The van der Waals surface area contributed by atoms with Crippen molar-refractivity contribution in [1.29, 1.82) is 0 Å². The summed E-state index contributed by atoms with van der Waals surface area (Å²) in [7, 11) is 0. The van der Waals surface area contributed by atoms with Gasteiger partial charge in [0.2, 0.25) is 0 Å². The SMILES string of the molecule is C=CN=C(C)/C(C)=C(\C)N1CC(CCN=O)c2ccccc21. The summed E-state index contributed by atoms with van der Waals surface area (Å²) in [6.45, 7) is 11.1. The third kappa shape index (κ3) is 3.16. The zero-order valence-corrected chi connectivity index (χ0v) is 13.5. The van der Waals surface area contributed by atoms with Crippen molar-refractivity contribution in [3.8, 4) is 0 Å². The Labute approximate surface area is 132 Å². The lowest BCUT2D eigenvalue weighted by Crippen LogP contribution is -2.22. The van der Waals surface area contributed by atoms with Crippen LogP contribution < -0.4 is 4.90 Å². The number of allylic oxidation sites excluding steroid dienone is 2. The Morgan fingerprint density at radius 3 is 2.77 bits per heavy atom. The first kappa shape index (κ1) is 16.1. The molecule has 4 nitrogen and oxygen atoms in total. The number of fused-ring (bicyclic) bond motifs is 1. The molecule has 0 spiro atoms. The van der Waals surface area contributed by atoms with Crippen LogP contribution in [0.5, 0.6) is 0 Å². The number of para-hydroxylation sites is 1. The molecule has 0 saturated heterocycles. The third-order valence-electron chi connectivity index (χ3n) is 4.41. The number of nitrogens with zero attached hydrogens (tertiary/aromatic N) is 3. The van der Waals surface area contributed by atoms with Gasteiger partial charge in [-0.3, -0.25) is 4.99 Å². The molecule has 0 aromatic heterocycles. The minimum absolute atomic E-state index is 0.355. The van der Waals surface area contributed by atoms with Crippen LogP contribution in [-0.2, 0) is 0 Å². The molecule has 0 aliphatic carbocycles. The summed E-state index contributed by atoms with van der Waals surface area (Å²) in [6, 6.07) is 8.40. The van der Waals surface area contributed by atoms with Crippen LogP contribution in [0.4, 0.5) is 5.69 Å². The molecule has 1 aliphatic heterocycles. The van der Waals surface area contributed by atoms with Crippen molar-refractivity contribution in [1.82, 2.24) is 0 Å². The molecule has 4 heteroatoms. The fraction of sp³-hybridized carbons (Fsp3) is 0.389. The fourth-order valence-electron chi connectivity index (χ4n) is 2.97. The summed E-state index contributed by atoms with van der Waals surface area (Å²) >= 11 is 0. The maximum atomic E-state index is 10.5. The van der Waals surface area contributed by atoms with Crippen molar-refractivity contribution in [3.05, 3.63) is 58.8 Å². The van der Waals surface area contributed by atoms with E-state index in [0.29, 0.717) is 12.5 Å². The number of aliphatic imine (C=N–C) groups is 1. The zero-order chi connectivity index (χ0) is 16.1. The van der Waals surface area contributed by atoms with Gasteiger partial charge in [0.15, 0.2) is 0 Å². The van der Waals surface area contributed by atoms with Crippen LogP contribution in [-0.4, -0.2) is 18.8 Å². The van der Waals surface area contributed by atoms with E-state index < -0.39 is 0 Å². The van der Waals surface area contributed by atoms with Gasteiger partial charge in [0.05, 0.1) is 6.54 Å². The Bertz CT molecular complexity index is 631. The molecule has 116 valence electrons. The highest BCUT2D eigenvalue weighted by Crippen LogP contribution is 2.40. The monoisotopic (exact) mass is 297 g/mol. The number of rotatable bonds is 6. The van der Waals surface area contributed by atoms with Crippen LogP contribution in [0.3, 0.4) is 0 Å². The van der Waals surface area contributed by atoms with Gasteiger partial charge in [0.25, 0.3) is 0 Å². The molecule has 1 aromatic rings. The molecule has 1 atom stereocenters. The Morgan fingerprint density at radius 2 is 2.09 bits per heavy atom. The van der Waals surface area contributed by atoms with Gasteiger partial charge in [-0.15, -0.1) is 0 Å². The van der Waals surface area contributed by atoms with Crippen LogP contribution in [0.2, 0.25) is 0 Å². The Kier molecular flexibility index (Phi) is 5.26. The number of nitroso groups, excluding NO2 is 1. The Hall–Kier alpha value is -2.23. The summed E-state index contributed by atoms with van der Waals surface area (Å²) in [5.41, 5.74) is 5.85. The molecular formula is C18H23N3O. The maximum absolute atomic E-state index is 10.5. The molecule has 0 fully saturated rings. The average Bonchev–Trinajstić information content (AvgIpc) is 2.90. The summed E-state index contributed by atoms with van der Waals surface area (Å²) in [4.78, 5) is 17.1. The predicted molar refractivity (Wildman–Crippen MR) is 93.5 cm³/mol. The van der Waals surface area contributed by atoms with E-state index in [9.17, 15) is 4.91 Å². The van der Waals surface area contributed by atoms with Gasteiger partial charge in [-0.2, -0.15) is 4.91 Å². The number of anilines is 1. The second-order valence-electron chi connectivity index (χ2n) is 5.62. The van der Waals surface area contributed by atoms with E-state index in [-0.39, 0.29) is 0 Å². The number of hydrogen-bond acceptors (Lipinski definition) is 4.